The number of rotatable bonds is 7. The van der Waals surface area contributed by atoms with Gasteiger partial charge in [0.1, 0.15) is 5.75 Å². The molecule has 27 heavy (non-hydrogen) atoms. The van der Waals surface area contributed by atoms with E-state index in [1.54, 1.807) is 7.11 Å². The largest absolute Gasteiger partial charge is 0.495 e. The van der Waals surface area contributed by atoms with Gasteiger partial charge in [-0.15, -0.1) is 0 Å². The average Bonchev–Trinajstić information content (AvgIpc) is 2.67. The molecule has 1 aliphatic heterocycles. The predicted octanol–water partition coefficient (Wildman–Crippen LogP) is 2.12. The third kappa shape index (κ3) is 6.34. The van der Waals surface area contributed by atoms with Gasteiger partial charge in [-0.3, -0.25) is 9.79 Å². The fourth-order valence-electron chi connectivity index (χ4n) is 3.05. The van der Waals surface area contributed by atoms with Crippen molar-refractivity contribution >= 4 is 17.6 Å². The summed E-state index contributed by atoms with van der Waals surface area (Å²) in [6.45, 7) is 10.5. The number of guanidine groups is 1. The SMILES string of the molecule is CCNC(=NCCC(=O)OC(C)C)N1CCN(c2ccccc2OC)CC1. The van der Waals surface area contributed by atoms with Crippen LogP contribution in [0.15, 0.2) is 29.3 Å². The number of para-hydroxylation sites is 2. The van der Waals surface area contributed by atoms with Crippen molar-refractivity contribution in [3.05, 3.63) is 24.3 Å². The first kappa shape index (κ1) is 20.9. The Morgan fingerprint density at radius 2 is 1.93 bits per heavy atom. The summed E-state index contributed by atoms with van der Waals surface area (Å²) in [5.41, 5.74) is 1.12. The summed E-state index contributed by atoms with van der Waals surface area (Å²) in [7, 11) is 1.70. The van der Waals surface area contributed by atoms with E-state index in [9.17, 15) is 4.79 Å². The molecule has 7 heteroatoms. The molecule has 1 aromatic carbocycles. The lowest BCUT2D eigenvalue weighted by atomic mass is 10.2. The van der Waals surface area contributed by atoms with E-state index >= 15 is 0 Å². The molecule has 7 nitrogen and oxygen atoms in total. The summed E-state index contributed by atoms with van der Waals surface area (Å²) in [6.07, 6.45) is 0.214. The van der Waals surface area contributed by atoms with Crippen LogP contribution in [0.5, 0.6) is 5.75 Å². The maximum atomic E-state index is 11.7. The highest BCUT2D eigenvalue weighted by atomic mass is 16.5. The van der Waals surface area contributed by atoms with Crippen molar-refractivity contribution in [2.45, 2.75) is 33.3 Å². The maximum absolute atomic E-state index is 11.7. The molecule has 0 aliphatic carbocycles. The molecule has 1 heterocycles. The number of benzene rings is 1. The van der Waals surface area contributed by atoms with E-state index in [-0.39, 0.29) is 12.1 Å². The molecule has 2 rings (SSSR count). The third-order valence-corrected chi connectivity index (χ3v) is 4.28. The molecule has 0 bridgehead atoms. The molecule has 150 valence electrons. The fraction of sp³-hybridized carbons (Fsp3) is 0.600. The van der Waals surface area contributed by atoms with Crippen molar-refractivity contribution in [3.63, 3.8) is 0 Å². The van der Waals surface area contributed by atoms with E-state index in [1.165, 1.54) is 0 Å². The zero-order valence-electron chi connectivity index (χ0n) is 16.9. The van der Waals surface area contributed by atoms with E-state index in [4.69, 9.17) is 9.47 Å². The minimum absolute atomic E-state index is 0.0854. The van der Waals surface area contributed by atoms with Gasteiger partial charge in [0.05, 0.1) is 31.9 Å². The Kier molecular flexibility index (Phi) is 8.23. The van der Waals surface area contributed by atoms with Gasteiger partial charge >= 0.3 is 5.97 Å². The lowest BCUT2D eigenvalue weighted by molar-refractivity contribution is -0.147. The second-order valence-electron chi connectivity index (χ2n) is 6.67. The molecular weight excluding hydrogens is 344 g/mol. The van der Waals surface area contributed by atoms with Crippen LogP contribution in [0.3, 0.4) is 0 Å². The Bertz CT molecular complexity index is 625. The number of ether oxygens (including phenoxy) is 2. The highest BCUT2D eigenvalue weighted by molar-refractivity contribution is 5.80. The molecule has 0 saturated carbocycles. The molecule has 1 saturated heterocycles. The molecule has 0 aromatic heterocycles. The third-order valence-electron chi connectivity index (χ3n) is 4.28. The Labute approximate surface area is 162 Å². The highest BCUT2D eigenvalue weighted by Crippen LogP contribution is 2.28. The zero-order valence-corrected chi connectivity index (χ0v) is 16.9. The van der Waals surface area contributed by atoms with Crippen molar-refractivity contribution in [1.29, 1.82) is 0 Å². The number of aliphatic imine (C=N–C) groups is 1. The zero-order chi connectivity index (χ0) is 19.6. The van der Waals surface area contributed by atoms with Gasteiger partial charge in [0.25, 0.3) is 0 Å². The van der Waals surface area contributed by atoms with Crippen LogP contribution in [-0.2, 0) is 9.53 Å². The molecule has 0 unspecified atom stereocenters. The fourth-order valence-corrected chi connectivity index (χ4v) is 3.05. The van der Waals surface area contributed by atoms with Gasteiger partial charge in [-0.05, 0) is 32.9 Å². The normalized spacial score (nSPS) is 15.1. The molecule has 0 amide bonds. The van der Waals surface area contributed by atoms with Gasteiger partial charge in [0, 0.05) is 32.7 Å². The molecule has 1 fully saturated rings. The molecule has 1 aliphatic rings. The second kappa shape index (κ2) is 10.6. The molecular formula is C20H32N4O3. The van der Waals surface area contributed by atoms with Crippen molar-refractivity contribution in [3.8, 4) is 5.75 Å². The number of hydrogen-bond donors (Lipinski definition) is 1. The van der Waals surface area contributed by atoms with Crippen molar-refractivity contribution in [2.75, 3.05) is 51.3 Å². The van der Waals surface area contributed by atoms with Crippen LogP contribution in [-0.4, -0.2) is 69.3 Å². The molecule has 1 N–H and O–H groups in total. The summed E-state index contributed by atoms with van der Waals surface area (Å²) in [5.74, 6) is 1.55. The van der Waals surface area contributed by atoms with E-state index in [0.717, 1.165) is 50.1 Å². The van der Waals surface area contributed by atoms with E-state index in [0.29, 0.717) is 13.0 Å². The van der Waals surface area contributed by atoms with Gasteiger partial charge in [0.15, 0.2) is 5.96 Å². The number of carbonyl (C=O) groups is 1. The van der Waals surface area contributed by atoms with Gasteiger partial charge in [-0.25, -0.2) is 0 Å². The number of nitrogens with one attached hydrogen (secondary N) is 1. The summed E-state index contributed by atoms with van der Waals surface area (Å²) in [5, 5.41) is 3.32. The summed E-state index contributed by atoms with van der Waals surface area (Å²) in [4.78, 5) is 20.9. The van der Waals surface area contributed by atoms with Crippen LogP contribution in [0.2, 0.25) is 0 Å². The number of hydrogen-bond acceptors (Lipinski definition) is 5. The van der Waals surface area contributed by atoms with Gasteiger partial charge in [-0.1, -0.05) is 12.1 Å². The average molecular weight is 377 g/mol. The van der Waals surface area contributed by atoms with Crippen molar-refractivity contribution in [1.82, 2.24) is 10.2 Å². The van der Waals surface area contributed by atoms with Gasteiger partial charge < -0.3 is 24.6 Å². The minimum atomic E-state index is -0.203. The van der Waals surface area contributed by atoms with Crippen LogP contribution >= 0.6 is 0 Å². The summed E-state index contributed by atoms with van der Waals surface area (Å²) >= 11 is 0. The quantitative estimate of drug-likeness (QED) is 0.447. The Hall–Kier alpha value is -2.44. The lowest BCUT2D eigenvalue weighted by Gasteiger charge is -2.38. The van der Waals surface area contributed by atoms with E-state index in [1.807, 2.05) is 39.0 Å². The van der Waals surface area contributed by atoms with Crippen LogP contribution in [0.1, 0.15) is 27.2 Å². The number of nitrogens with zero attached hydrogens (tertiary/aromatic N) is 3. The topological polar surface area (TPSA) is 66.4 Å². The first-order valence-corrected chi connectivity index (χ1v) is 9.65. The lowest BCUT2D eigenvalue weighted by Crippen LogP contribution is -2.52. The van der Waals surface area contributed by atoms with Gasteiger partial charge in [0.2, 0.25) is 0 Å². The predicted molar refractivity (Wildman–Crippen MR) is 109 cm³/mol. The maximum Gasteiger partial charge on any atom is 0.307 e. The first-order chi connectivity index (χ1) is 13.0. The van der Waals surface area contributed by atoms with Crippen molar-refractivity contribution in [2.24, 2.45) is 4.99 Å². The standard InChI is InChI=1S/C20H32N4O3/c1-5-21-20(22-11-10-19(25)27-16(2)3)24-14-12-23(13-15-24)17-8-6-7-9-18(17)26-4/h6-9,16H,5,10-15H2,1-4H3,(H,21,22). The van der Waals surface area contributed by atoms with E-state index in [2.05, 4.69) is 26.2 Å². The molecule has 0 spiro atoms. The number of piperazine rings is 1. The van der Waals surface area contributed by atoms with Gasteiger partial charge in [-0.2, -0.15) is 0 Å². The Balaban J connectivity index is 1.92. The summed E-state index contributed by atoms with van der Waals surface area (Å²) in [6, 6.07) is 8.10. The van der Waals surface area contributed by atoms with Crippen LogP contribution < -0.4 is 15.0 Å². The van der Waals surface area contributed by atoms with Crippen molar-refractivity contribution < 1.29 is 14.3 Å². The molecule has 0 atom stereocenters. The number of carbonyl (C=O) groups excluding carboxylic acids is 1. The Morgan fingerprint density at radius 3 is 2.56 bits per heavy atom. The van der Waals surface area contributed by atoms with Crippen LogP contribution in [0.4, 0.5) is 5.69 Å². The first-order valence-electron chi connectivity index (χ1n) is 9.65. The number of methoxy groups -OCH3 is 1. The van der Waals surface area contributed by atoms with Crippen LogP contribution in [0.25, 0.3) is 0 Å². The van der Waals surface area contributed by atoms with Crippen LogP contribution in [0, 0.1) is 0 Å². The smallest absolute Gasteiger partial charge is 0.307 e. The second-order valence-corrected chi connectivity index (χ2v) is 6.67. The summed E-state index contributed by atoms with van der Waals surface area (Å²) < 4.78 is 10.6. The van der Waals surface area contributed by atoms with E-state index < -0.39 is 0 Å². The highest BCUT2D eigenvalue weighted by Gasteiger charge is 2.21. The molecule has 1 aromatic rings. The number of anilines is 1. The minimum Gasteiger partial charge on any atom is -0.495 e. The molecule has 0 radical (unpaired) electrons. The number of esters is 1. The monoisotopic (exact) mass is 376 g/mol. The Morgan fingerprint density at radius 1 is 1.22 bits per heavy atom.